The molecule has 8 N–H and O–H groups in total. The number of hydrogen-bond donors (Lipinski definition) is 7. The van der Waals surface area contributed by atoms with E-state index in [1.165, 1.54) is 104 Å². The summed E-state index contributed by atoms with van der Waals surface area (Å²) in [5.74, 6) is -9.46. The Morgan fingerprint density at radius 1 is 0.427 bits per heavy atom. The number of carbonyl (C=O) groups is 11. The van der Waals surface area contributed by atoms with E-state index < -0.39 is 155 Å². The van der Waals surface area contributed by atoms with E-state index in [1.54, 1.807) is 41.5 Å². The molecule has 1 aliphatic rings. The van der Waals surface area contributed by atoms with E-state index in [-0.39, 0.29) is 62.4 Å². The lowest BCUT2D eigenvalue weighted by Crippen LogP contribution is -2.64. The standard InChI is InChI=1S/C70H130N12O13S/c1-24-50-64(90)82(23)70(96-36-32-28-27-31-35-83)69(95)77(18)52(38-42(4)5)61(87)75-55(45(10)11)67(93)76(17)51(37-41(2)3)60(86)72-48(15)59(85)73-49(16)63(89)78(19)53(39-43(6)7)65(91)79(20)54(40-44(8)9)66(92)80(21)56(46(12)13)68(94)81(22)57(62(88)74-50)58(84)47(14)33-29-25-26-30-34-71/h41-58,70,83-84H,24-40,71H2,1-23H3,(H,72,86)(H,73,85)(H,74,88)(H,75,87)/t47-,48-,49+,50-,51-,52+,53+,54-,55-,56-,57+,58-,70-/m1/s1. The van der Waals surface area contributed by atoms with Crippen molar-refractivity contribution in [2.75, 3.05) is 68.2 Å². The van der Waals surface area contributed by atoms with E-state index >= 15 is 28.8 Å². The zero-order valence-electron chi connectivity index (χ0n) is 63.0. The van der Waals surface area contributed by atoms with Crippen LogP contribution in [0.15, 0.2) is 0 Å². The monoisotopic (exact) mass is 1380 g/mol. The first-order valence-electron chi connectivity index (χ1n) is 35.4. The lowest BCUT2D eigenvalue weighted by molar-refractivity contribution is -0.157. The number of carbonyl (C=O) groups excluding carboxylic acids is 11. The number of aliphatic hydroxyl groups excluding tert-OH is 2. The highest BCUT2D eigenvalue weighted by Gasteiger charge is 2.46. The normalized spacial score (nSPS) is 25.9. The first kappa shape index (κ1) is 88.4. The fraction of sp³-hybridized carbons (Fsp3) is 0.843. The van der Waals surface area contributed by atoms with Gasteiger partial charge in [-0.05, 0) is 125 Å². The SMILES string of the molecule is CC[C@H]1NC(=O)[C@H]([C@H](O)[C@H](C)CCCCCCN)N(C)C(=O)[C@@H](C(C)C)N(C)C(=O)[C@@H](CC(C)C)N(C)C(=O)[C@H](CC(C)C)N(C)C(=O)[C@H](C)NC(=O)[C@@H](C)NC(=O)[C@@H](CC(C)C)N(C)C(=O)[C@@H](C(C)C)NC(=O)[C@H](CC(C)C)N(C)C(=O)[C@@H](SCCCCCCO)N(C)C1=O. The van der Waals surface area contributed by atoms with Crippen molar-refractivity contribution in [3.05, 3.63) is 0 Å². The maximum atomic E-state index is 15.5. The summed E-state index contributed by atoms with van der Waals surface area (Å²) >= 11 is 1.17. The molecule has 13 atom stereocenters. The molecule has 0 spiro atoms. The minimum Gasteiger partial charge on any atom is -0.396 e. The zero-order chi connectivity index (χ0) is 73.9. The van der Waals surface area contributed by atoms with Crippen LogP contribution in [-0.2, 0) is 52.7 Å². The predicted molar refractivity (Wildman–Crippen MR) is 378 cm³/mol. The molecule has 11 amide bonds. The van der Waals surface area contributed by atoms with Gasteiger partial charge in [-0.15, -0.1) is 11.8 Å². The summed E-state index contributed by atoms with van der Waals surface area (Å²) in [5.41, 5.74) is 5.78. The van der Waals surface area contributed by atoms with Gasteiger partial charge in [-0.2, -0.15) is 0 Å². The smallest absolute Gasteiger partial charge is 0.256 e. The van der Waals surface area contributed by atoms with Gasteiger partial charge >= 0.3 is 0 Å². The fourth-order valence-corrected chi connectivity index (χ4v) is 13.5. The summed E-state index contributed by atoms with van der Waals surface area (Å²) in [6, 6.07) is -12.6. The quantitative estimate of drug-likeness (QED) is 0.0571. The van der Waals surface area contributed by atoms with E-state index in [1.807, 2.05) is 55.4 Å². The van der Waals surface area contributed by atoms with Crippen molar-refractivity contribution in [2.45, 2.75) is 273 Å². The largest absolute Gasteiger partial charge is 0.396 e. The van der Waals surface area contributed by atoms with E-state index in [2.05, 4.69) is 21.3 Å². The average molecular weight is 1380 g/mol. The lowest BCUT2D eigenvalue weighted by atomic mass is 9.90. The first-order valence-corrected chi connectivity index (χ1v) is 36.4. The minimum absolute atomic E-state index is 0.00380. The van der Waals surface area contributed by atoms with Crippen LogP contribution in [0.2, 0.25) is 0 Å². The van der Waals surface area contributed by atoms with Gasteiger partial charge in [0.1, 0.15) is 60.4 Å². The second-order valence-electron chi connectivity index (χ2n) is 29.3. The Bertz CT molecular complexity index is 2500. The van der Waals surface area contributed by atoms with Gasteiger partial charge in [0.15, 0.2) is 5.37 Å². The number of unbranched alkanes of at least 4 members (excludes halogenated alkanes) is 6. The van der Waals surface area contributed by atoms with Crippen LogP contribution in [0, 0.1) is 41.4 Å². The molecule has 0 radical (unpaired) electrons. The Morgan fingerprint density at radius 3 is 1.33 bits per heavy atom. The van der Waals surface area contributed by atoms with Crippen molar-refractivity contribution in [3.63, 3.8) is 0 Å². The summed E-state index contributed by atoms with van der Waals surface area (Å²) in [6.07, 6.45) is 5.23. The predicted octanol–water partition coefficient (Wildman–Crippen LogP) is 4.82. The second kappa shape index (κ2) is 43.0. The summed E-state index contributed by atoms with van der Waals surface area (Å²) in [7, 11) is 10.1. The van der Waals surface area contributed by atoms with Gasteiger partial charge in [-0.3, -0.25) is 52.7 Å². The number of hydrogen-bond acceptors (Lipinski definition) is 15. The van der Waals surface area contributed by atoms with Gasteiger partial charge in [0, 0.05) is 55.9 Å². The molecular weight excluding hydrogens is 1250 g/mol. The van der Waals surface area contributed by atoms with Gasteiger partial charge in [0.25, 0.3) is 5.91 Å². The third kappa shape index (κ3) is 26.6. The molecule has 26 heteroatoms. The number of thioether (sulfide) groups is 1. The molecule has 0 saturated carbocycles. The molecule has 0 aromatic heterocycles. The molecular formula is C70H130N12O13S. The van der Waals surface area contributed by atoms with Crippen LogP contribution >= 0.6 is 11.8 Å². The Balaban J connectivity index is 4.54. The highest BCUT2D eigenvalue weighted by Crippen LogP contribution is 2.28. The summed E-state index contributed by atoms with van der Waals surface area (Å²) in [6.45, 7) is 28.8. The third-order valence-electron chi connectivity index (χ3n) is 18.4. The summed E-state index contributed by atoms with van der Waals surface area (Å²) in [5, 5.41) is 31.9. The van der Waals surface area contributed by atoms with Gasteiger partial charge in [-0.1, -0.05) is 129 Å². The molecule has 1 fully saturated rings. The number of nitrogens with one attached hydrogen (secondary N) is 4. The Kier molecular flexibility index (Phi) is 39.6. The Morgan fingerprint density at radius 2 is 0.854 bits per heavy atom. The van der Waals surface area contributed by atoms with E-state index in [4.69, 9.17) is 5.73 Å². The highest BCUT2D eigenvalue weighted by molar-refractivity contribution is 8.00. The summed E-state index contributed by atoms with van der Waals surface area (Å²) in [4.78, 5) is 173. The van der Waals surface area contributed by atoms with Crippen LogP contribution in [0.25, 0.3) is 0 Å². The van der Waals surface area contributed by atoms with Crippen LogP contribution in [0.3, 0.4) is 0 Å². The van der Waals surface area contributed by atoms with Crippen LogP contribution < -0.4 is 27.0 Å². The van der Waals surface area contributed by atoms with E-state index in [9.17, 15) is 34.2 Å². The maximum absolute atomic E-state index is 15.5. The van der Waals surface area contributed by atoms with Crippen molar-refractivity contribution < 1.29 is 63.0 Å². The molecule has 554 valence electrons. The Labute approximate surface area is 580 Å². The average Bonchev–Trinajstić information content (AvgIpc) is 0.808. The van der Waals surface area contributed by atoms with Gasteiger partial charge in [0.05, 0.1) is 6.10 Å². The van der Waals surface area contributed by atoms with Crippen LogP contribution in [0.4, 0.5) is 0 Å². The number of nitrogens with zero attached hydrogens (tertiary/aromatic N) is 7. The number of likely N-dealkylation sites (N-methyl/N-ethyl adjacent to an activating group) is 7. The maximum Gasteiger partial charge on any atom is 0.256 e. The van der Waals surface area contributed by atoms with Crippen molar-refractivity contribution >= 4 is 76.7 Å². The van der Waals surface area contributed by atoms with E-state index in [0.717, 1.165) is 24.2 Å². The Hall–Kier alpha value is -5.60. The van der Waals surface area contributed by atoms with Crippen molar-refractivity contribution in [2.24, 2.45) is 47.2 Å². The summed E-state index contributed by atoms with van der Waals surface area (Å²) < 4.78 is 0. The number of aliphatic hydroxyl groups is 2. The molecule has 0 bridgehead atoms. The second-order valence-corrected chi connectivity index (χ2v) is 30.5. The zero-order valence-corrected chi connectivity index (χ0v) is 63.8. The lowest BCUT2D eigenvalue weighted by Gasteiger charge is -2.41. The molecule has 0 aliphatic carbocycles. The van der Waals surface area contributed by atoms with Crippen molar-refractivity contribution in [1.29, 1.82) is 0 Å². The van der Waals surface area contributed by atoms with Crippen molar-refractivity contribution in [3.8, 4) is 0 Å². The molecule has 1 saturated heterocycles. The molecule has 1 heterocycles. The number of nitrogens with two attached hydrogens (primary N) is 1. The van der Waals surface area contributed by atoms with Gasteiger partial charge in [0.2, 0.25) is 59.1 Å². The molecule has 1 aliphatic heterocycles. The minimum atomic E-state index is -1.63. The van der Waals surface area contributed by atoms with Gasteiger partial charge < -0.3 is 71.5 Å². The molecule has 0 aromatic carbocycles. The van der Waals surface area contributed by atoms with Crippen LogP contribution in [0.1, 0.15) is 201 Å². The highest BCUT2D eigenvalue weighted by atomic mass is 32.2. The molecule has 0 unspecified atom stereocenters. The molecule has 25 nitrogen and oxygen atoms in total. The molecule has 0 aromatic rings. The van der Waals surface area contributed by atoms with Gasteiger partial charge in [-0.25, -0.2) is 0 Å². The molecule has 96 heavy (non-hydrogen) atoms. The fourth-order valence-electron chi connectivity index (χ4n) is 12.3. The van der Waals surface area contributed by atoms with Crippen LogP contribution in [-0.4, -0.2) is 250 Å². The topological polar surface area (TPSA) is 325 Å². The molecule has 1 rings (SSSR count). The number of amides is 11. The first-order chi connectivity index (χ1) is 44.7. The van der Waals surface area contributed by atoms with Crippen LogP contribution in [0.5, 0.6) is 0 Å². The van der Waals surface area contributed by atoms with E-state index in [0.29, 0.717) is 50.8 Å². The number of rotatable bonds is 26. The van der Waals surface area contributed by atoms with Crippen molar-refractivity contribution in [1.82, 2.24) is 55.6 Å². The third-order valence-corrected chi connectivity index (χ3v) is 19.7.